The quantitative estimate of drug-likeness (QED) is 0.148. The molecule has 0 amide bonds. The van der Waals surface area contributed by atoms with Gasteiger partial charge in [-0.05, 0) is 137 Å². The molecule has 0 unspecified atom stereocenters. The van der Waals surface area contributed by atoms with Crippen LogP contribution in [0.15, 0.2) is 261 Å². The molecule has 0 aliphatic heterocycles. The Kier molecular flexibility index (Phi) is 9.13. The van der Waals surface area contributed by atoms with Crippen LogP contribution in [0, 0.1) is 0 Å². The predicted molar refractivity (Wildman–Crippen MR) is 270 cm³/mol. The Labute approximate surface area is 374 Å². The molecule has 1 aliphatic rings. The molecule has 0 radical (unpaired) electrons. The van der Waals surface area contributed by atoms with Gasteiger partial charge in [0.15, 0.2) is 0 Å². The summed E-state index contributed by atoms with van der Waals surface area (Å²) < 4.78 is 0. The van der Waals surface area contributed by atoms with Gasteiger partial charge in [-0.25, -0.2) is 0 Å². The van der Waals surface area contributed by atoms with Crippen LogP contribution in [0.5, 0.6) is 0 Å². The minimum absolute atomic E-state index is 0.457. The number of rotatable bonds is 8. The second-order valence-corrected chi connectivity index (χ2v) is 16.9. The summed E-state index contributed by atoms with van der Waals surface area (Å²) in [5, 5.41) is 5.01. The van der Waals surface area contributed by atoms with Crippen molar-refractivity contribution in [2.75, 3.05) is 4.90 Å². The van der Waals surface area contributed by atoms with E-state index in [0.717, 1.165) is 17.1 Å². The third-order valence-corrected chi connectivity index (χ3v) is 13.3. The first-order valence-corrected chi connectivity index (χ1v) is 22.2. The maximum atomic E-state index is 2.42. The van der Waals surface area contributed by atoms with Crippen LogP contribution < -0.4 is 4.90 Å². The molecule has 300 valence electrons. The Balaban J connectivity index is 0.990. The summed E-state index contributed by atoms with van der Waals surface area (Å²) in [6.07, 6.45) is 0. The molecule has 0 bridgehead atoms. The highest BCUT2D eigenvalue weighted by Crippen LogP contribution is 2.57. The van der Waals surface area contributed by atoms with Crippen LogP contribution in [-0.2, 0) is 5.41 Å². The first-order valence-electron chi connectivity index (χ1n) is 22.2. The molecule has 0 fully saturated rings. The molecule has 0 aromatic heterocycles. The molecule has 1 heteroatoms. The Hall–Kier alpha value is -8.26. The van der Waals surface area contributed by atoms with Crippen molar-refractivity contribution in [2.45, 2.75) is 5.41 Å². The molecule has 0 N–H and O–H groups in total. The van der Waals surface area contributed by atoms with Crippen LogP contribution in [0.1, 0.15) is 22.3 Å². The van der Waals surface area contributed by atoms with E-state index in [1.807, 2.05) is 0 Å². The molecule has 0 saturated heterocycles. The maximum Gasteiger partial charge on any atom is 0.0713 e. The van der Waals surface area contributed by atoms with Crippen molar-refractivity contribution in [1.29, 1.82) is 0 Å². The van der Waals surface area contributed by atoms with Crippen molar-refractivity contribution in [1.82, 2.24) is 0 Å². The lowest BCUT2D eigenvalue weighted by molar-refractivity contribution is 0.768. The van der Waals surface area contributed by atoms with Crippen molar-refractivity contribution in [3.63, 3.8) is 0 Å². The topological polar surface area (TPSA) is 3.24 Å². The summed E-state index contributed by atoms with van der Waals surface area (Å²) in [7, 11) is 0. The summed E-state index contributed by atoms with van der Waals surface area (Å²) in [5.41, 5.74) is 17.7. The van der Waals surface area contributed by atoms with E-state index in [1.165, 1.54) is 88.3 Å². The van der Waals surface area contributed by atoms with Gasteiger partial charge in [0.1, 0.15) is 0 Å². The molecule has 0 spiro atoms. The Bertz CT molecular complexity index is 3430. The standard InChI is InChI=1S/C63H43N/c1-3-21-52(22-4-1)63(53-23-5-2-6-24-53)61-28-12-11-26-59(61)60-43-56(39-40-62(60)63)64(55-37-33-47(34-38-55)58-27-14-18-46-16-9-10-25-57(46)58)54-35-31-45(32-36-54)49-19-13-20-50(41-49)51-30-29-44-15-7-8-17-48(44)42-51/h1-43H. The summed E-state index contributed by atoms with van der Waals surface area (Å²) in [6.45, 7) is 0. The van der Waals surface area contributed by atoms with E-state index in [2.05, 4.69) is 266 Å². The highest BCUT2D eigenvalue weighted by Gasteiger charge is 2.46. The van der Waals surface area contributed by atoms with Crippen molar-refractivity contribution in [3.05, 3.63) is 283 Å². The molecule has 0 saturated carbocycles. The van der Waals surface area contributed by atoms with Gasteiger partial charge in [0.2, 0.25) is 0 Å². The number of hydrogen-bond donors (Lipinski definition) is 0. The fourth-order valence-corrected chi connectivity index (χ4v) is 10.3. The zero-order chi connectivity index (χ0) is 42.5. The fourth-order valence-electron chi connectivity index (χ4n) is 10.3. The predicted octanol–water partition coefficient (Wildman–Crippen LogP) is 16.8. The Morgan fingerprint density at radius 2 is 0.750 bits per heavy atom. The largest absolute Gasteiger partial charge is 0.310 e. The molecular weight excluding hydrogens is 771 g/mol. The van der Waals surface area contributed by atoms with Crippen LogP contribution in [0.25, 0.3) is 66.1 Å². The molecular formula is C63H43N. The van der Waals surface area contributed by atoms with Gasteiger partial charge < -0.3 is 4.90 Å². The first kappa shape index (κ1) is 37.5. The summed E-state index contributed by atoms with van der Waals surface area (Å²) in [5.74, 6) is 0. The first-order chi connectivity index (χ1) is 31.7. The van der Waals surface area contributed by atoms with Gasteiger partial charge >= 0.3 is 0 Å². The molecule has 1 aliphatic carbocycles. The van der Waals surface area contributed by atoms with Crippen LogP contribution in [0.3, 0.4) is 0 Å². The van der Waals surface area contributed by atoms with E-state index in [4.69, 9.17) is 0 Å². The van der Waals surface area contributed by atoms with E-state index in [1.54, 1.807) is 0 Å². The maximum absolute atomic E-state index is 2.42. The van der Waals surface area contributed by atoms with Crippen LogP contribution in [-0.4, -0.2) is 0 Å². The van der Waals surface area contributed by atoms with Gasteiger partial charge in [0, 0.05) is 17.1 Å². The summed E-state index contributed by atoms with van der Waals surface area (Å²) >= 11 is 0. The summed E-state index contributed by atoms with van der Waals surface area (Å²) in [6, 6.07) is 95.8. The number of anilines is 3. The molecule has 64 heavy (non-hydrogen) atoms. The zero-order valence-corrected chi connectivity index (χ0v) is 35.3. The van der Waals surface area contributed by atoms with Crippen molar-refractivity contribution < 1.29 is 0 Å². The van der Waals surface area contributed by atoms with E-state index < -0.39 is 5.41 Å². The zero-order valence-electron chi connectivity index (χ0n) is 35.3. The minimum atomic E-state index is -0.457. The molecule has 11 aromatic carbocycles. The van der Waals surface area contributed by atoms with Crippen molar-refractivity contribution in [2.24, 2.45) is 0 Å². The lowest BCUT2D eigenvalue weighted by atomic mass is 9.68. The molecule has 12 rings (SSSR count). The molecule has 1 nitrogen and oxygen atoms in total. The number of nitrogens with zero attached hydrogens (tertiary/aromatic N) is 1. The van der Waals surface area contributed by atoms with E-state index >= 15 is 0 Å². The smallest absolute Gasteiger partial charge is 0.0713 e. The summed E-state index contributed by atoms with van der Waals surface area (Å²) in [4.78, 5) is 2.41. The number of hydrogen-bond acceptors (Lipinski definition) is 1. The highest BCUT2D eigenvalue weighted by atomic mass is 15.1. The van der Waals surface area contributed by atoms with Gasteiger partial charge in [-0.3, -0.25) is 0 Å². The number of benzene rings is 11. The van der Waals surface area contributed by atoms with Crippen molar-refractivity contribution in [3.8, 4) is 44.5 Å². The van der Waals surface area contributed by atoms with E-state index in [-0.39, 0.29) is 0 Å². The lowest BCUT2D eigenvalue weighted by Crippen LogP contribution is -2.28. The third kappa shape index (κ3) is 6.24. The number of fused-ring (bicyclic) bond motifs is 5. The minimum Gasteiger partial charge on any atom is -0.310 e. The SMILES string of the molecule is c1ccc(C2(c3ccccc3)c3ccccc3-c3cc(N(c4ccc(-c5cccc(-c6ccc7ccccc7c6)c5)cc4)c4ccc(-c5cccc6ccccc56)cc4)ccc32)cc1. The fraction of sp³-hybridized carbons (Fsp3) is 0.0159. The third-order valence-electron chi connectivity index (χ3n) is 13.3. The Morgan fingerprint density at radius 1 is 0.250 bits per heavy atom. The second-order valence-electron chi connectivity index (χ2n) is 16.9. The lowest BCUT2D eigenvalue weighted by Gasteiger charge is -2.34. The molecule has 0 heterocycles. The Morgan fingerprint density at radius 3 is 1.48 bits per heavy atom. The van der Waals surface area contributed by atoms with Crippen LogP contribution in [0.4, 0.5) is 17.1 Å². The normalized spacial score (nSPS) is 12.5. The van der Waals surface area contributed by atoms with Gasteiger partial charge in [0.25, 0.3) is 0 Å². The average Bonchev–Trinajstić information content (AvgIpc) is 3.67. The van der Waals surface area contributed by atoms with E-state index in [0.29, 0.717) is 0 Å². The van der Waals surface area contributed by atoms with Crippen LogP contribution in [0.2, 0.25) is 0 Å². The van der Waals surface area contributed by atoms with Gasteiger partial charge in [-0.15, -0.1) is 0 Å². The highest BCUT2D eigenvalue weighted by molar-refractivity contribution is 5.97. The van der Waals surface area contributed by atoms with E-state index in [9.17, 15) is 0 Å². The second kappa shape index (κ2) is 15.6. The van der Waals surface area contributed by atoms with Gasteiger partial charge in [0.05, 0.1) is 5.41 Å². The van der Waals surface area contributed by atoms with Gasteiger partial charge in [-0.2, -0.15) is 0 Å². The van der Waals surface area contributed by atoms with Crippen molar-refractivity contribution >= 4 is 38.6 Å². The average molecular weight is 814 g/mol. The van der Waals surface area contributed by atoms with Crippen LogP contribution >= 0.6 is 0 Å². The monoisotopic (exact) mass is 813 g/mol. The van der Waals surface area contributed by atoms with Gasteiger partial charge in [-0.1, -0.05) is 212 Å². The molecule has 0 atom stereocenters. The molecule has 11 aromatic rings.